The summed E-state index contributed by atoms with van der Waals surface area (Å²) in [5.74, 6) is -1.38. The number of aromatic nitrogens is 2. The second-order valence-electron chi connectivity index (χ2n) is 7.66. The predicted octanol–water partition coefficient (Wildman–Crippen LogP) is 4.61. The summed E-state index contributed by atoms with van der Waals surface area (Å²) in [5, 5.41) is 10.6. The molecule has 0 amide bonds. The first-order valence-electron chi connectivity index (χ1n) is 9.76. The largest absolute Gasteiger partial charge is 0.496 e. The van der Waals surface area contributed by atoms with Crippen molar-refractivity contribution in [3.05, 3.63) is 84.9 Å². The van der Waals surface area contributed by atoms with Gasteiger partial charge in [-0.1, -0.05) is 18.2 Å². The first-order valence-corrected chi connectivity index (χ1v) is 11.5. The molecule has 2 aromatic heterocycles. The number of nitrogens with zero attached hydrogens (tertiary/aromatic N) is 1. The number of nitrogens with one attached hydrogen (secondary N) is 1. The molecule has 0 saturated carbocycles. The molecule has 0 fully saturated rings. The van der Waals surface area contributed by atoms with E-state index in [1.165, 1.54) is 29.3 Å². The number of rotatable bonds is 6. The number of aromatic amines is 1. The third kappa shape index (κ3) is 4.07. The minimum atomic E-state index is -1.30. The van der Waals surface area contributed by atoms with Gasteiger partial charge in [0.25, 0.3) is 5.56 Å². The van der Waals surface area contributed by atoms with E-state index < -0.39 is 27.8 Å². The average Bonchev–Trinajstić information content (AvgIpc) is 3.20. The van der Waals surface area contributed by atoms with E-state index in [-0.39, 0.29) is 21.5 Å². The molecule has 2 heterocycles. The van der Waals surface area contributed by atoms with Crippen LogP contribution in [0.25, 0.3) is 16.6 Å². The molecular formula is C23H19FN2O5S2. The highest BCUT2D eigenvalue weighted by atomic mass is 32.2. The molecule has 10 heteroatoms. The fourth-order valence-corrected chi connectivity index (χ4v) is 5.64. The summed E-state index contributed by atoms with van der Waals surface area (Å²) in [5.41, 5.74) is -0.979. The molecule has 0 spiro atoms. The zero-order chi connectivity index (χ0) is 23.9. The second kappa shape index (κ2) is 8.53. The molecule has 0 aliphatic heterocycles. The number of thiophene rings is 1. The summed E-state index contributed by atoms with van der Waals surface area (Å²) in [6, 6.07) is 11.7. The van der Waals surface area contributed by atoms with E-state index in [0.29, 0.717) is 15.2 Å². The molecule has 0 aliphatic carbocycles. The van der Waals surface area contributed by atoms with E-state index in [9.17, 15) is 23.9 Å². The SMILES string of the molecule is COc1ccccc1C(C)(C)Sc1ccc(F)c(-n2c(=O)[nH]c3csc(C(=O)O)c3c2=O)c1. The van der Waals surface area contributed by atoms with Crippen molar-refractivity contribution in [2.75, 3.05) is 7.11 Å². The summed E-state index contributed by atoms with van der Waals surface area (Å²) in [7, 11) is 1.58. The zero-order valence-electron chi connectivity index (χ0n) is 17.8. The highest BCUT2D eigenvalue weighted by Gasteiger charge is 2.27. The lowest BCUT2D eigenvalue weighted by Gasteiger charge is -2.26. The van der Waals surface area contributed by atoms with Crippen LogP contribution in [-0.2, 0) is 4.75 Å². The standard InChI is InChI=1S/C23H19FN2O5S2/c1-23(2,13-6-4-5-7-17(13)31-3)33-12-8-9-14(24)16(10-12)26-20(27)18-15(25-22(26)30)11-32-19(18)21(28)29/h4-11H,1-3H3,(H,25,30)(H,28,29). The van der Waals surface area contributed by atoms with Gasteiger partial charge in [-0.2, -0.15) is 0 Å². The number of carboxylic acid groups (broad SMARTS) is 1. The highest BCUT2D eigenvalue weighted by Crippen LogP contribution is 2.44. The number of thioether (sulfide) groups is 1. The molecule has 0 bridgehead atoms. The van der Waals surface area contributed by atoms with Crippen molar-refractivity contribution in [1.82, 2.24) is 9.55 Å². The molecule has 2 aromatic carbocycles. The Morgan fingerprint density at radius 1 is 1.21 bits per heavy atom. The summed E-state index contributed by atoms with van der Waals surface area (Å²) in [6.45, 7) is 3.96. The van der Waals surface area contributed by atoms with Crippen molar-refractivity contribution in [3.8, 4) is 11.4 Å². The van der Waals surface area contributed by atoms with Gasteiger partial charge in [-0.3, -0.25) is 4.79 Å². The Morgan fingerprint density at radius 3 is 2.64 bits per heavy atom. The van der Waals surface area contributed by atoms with E-state index in [4.69, 9.17) is 4.74 Å². The Bertz CT molecular complexity index is 1500. The van der Waals surface area contributed by atoms with Crippen LogP contribution in [0.15, 0.2) is 62.3 Å². The number of carboxylic acids is 1. The third-order valence-electron chi connectivity index (χ3n) is 5.13. The number of benzene rings is 2. The van der Waals surface area contributed by atoms with Crippen LogP contribution in [0.1, 0.15) is 29.1 Å². The summed E-state index contributed by atoms with van der Waals surface area (Å²) < 4.78 is 20.4. The number of halogens is 1. The summed E-state index contributed by atoms with van der Waals surface area (Å²) >= 11 is 2.23. The third-order valence-corrected chi connectivity index (χ3v) is 7.32. The van der Waals surface area contributed by atoms with Crippen molar-refractivity contribution < 1.29 is 19.0 Å². The molecule has 170 valence electrons. The molecule has 4 rings (SSSR count). The van der Waals surface area contributed by atoms with Gasteiger partial charge in [0.2, 0.25) is 0 Å². The number of H-pyrrole nitrogens is 1. The molecule has 0 radical (unpaired) electrons. The van der Waals surface area contributed by atoms with Crippen LogP contribution < -0.4 is 16.0 Å². The Morgan fingerprint density at radius 2 is 1.94 bits per heavy atom. The fourth-order valence-electron chi connectivity index (χ4n) is 3.63. The Kier molecular flexibility index (Phi) is 5.89. The number of methoxy groups -OCH3 is 1. The molecule has 0 saturated heterocycles. The molecule has 0 unspecified atom stereocenters. The van der Waals surface area contributed by atoms with Crippen molar-refractivity contribution >= 4 is 40.0 Å². The minimum absolute atomic E-state index is 0.104. The van der Waals surface area contributed by atoms with E-state index >= 15 is 0 Å². The van der Waals surface area contributed by atoms with Crippen LogP contribution in [0.4, 0.5) is 4.39 Å². The van der Waals surface area contributed by atoms with Crippen LogP contribution in [0.2, 0.25) is 0 Å². The minimum Gasteiger partial charge on any atom is -0.496 e. The number of aromatic carboxylic acids is 1. The van der Waals surface area contributed by atoms with E-state index in [0.717, 1.165) is 16.9 Å². The summed E-state index contributed by atoms with van der Waals surface area (Å²) in [4.78, 5) is 40.1. The zero-order valence-corrected chi connectivity index (χ0v) is 19.5. The van der Waals surface area contributed by atoms with Crippen molar-refractivity contribution in [2.45, 2.75) is 23.5 Å². The van der Waals surface area contributed by atoms with E-state index in [1.54, 1.807) is 13.2 Å². The smallest absolute Gasteiger partial charge is 0.346 e. The Hall–Kier alpha value is -3.37. The van der Waals surface area contributed by atoms with Crippen LogP contribution in [0.3, 0.4) is 0 Å². The summed E-state index contributed by atoms with van der Waals surface area (Å²) in [6.07, 6.45) is 0. The van der Waals surface area contributed by atoms with Crippen LogP contribution in [-0.4, -0.2) is 27.7 Å². The molecule has 4 aromatic rings. The first kappa shape index (κ1) is 22.8. The lowest BCUT2D eigenvalue weighted by atomic mass is 10.0. The predicted molar refractivity (Wildman–Crippen MR) is 127 cm³/mol. The average molecular weight is 487 g/mol. The van der Waals surface area contributed by atoms with E-state index in [2.05, 4.69) is 4.98 Å². The van der Waals surface area contributed by atoms with Crippen LogP contribution >= 0.6 is 23.1 Å². The fraction of sp³-hybridized carbons (Fsp3) is 0.174. The van der Waals surface area contributed by atoms with Gasteiger partial charge in [0, 0.05) is 20.6 Å². The number of carbonyl (C=O) groups is 1. The Balaban J connectivity index is 1.84. The van der Waals surface area contributed by atoms with E-state index in [1.807, 2.05) is 38.1 Å². The Labute approximate surface area is 195 Å². The number of hydrogen-bond acceptors (Lipinski definition) is 6. The lowest BCUT2D eigenvalue weighted by molar-refractivity contribution is 0.0704. The monoisotopic (exact) mass is 486 g/mol. The first-order chi connectivity index (χ1) is 15.6. The van der Waals surface area contributed by atoms with Gasteiger partial charge < -0.3 is 14.8 Å². The maximum Gasteiger partial charge on any atom is 0.346 e. The highest BCUT2D eigenvalue weighted by molar-refractivity contribution is 8.00. The molecular weight excluding hydrogens is 467 g/mol. The molecule has 33 heavy (non-hydrogen) atoms. The molecule has 2 N–H and O–H groups in total. The maximum atomic E-state index is 14.8. The molecule has 0 atom stereocenters. The molecule has 0 aliphatic rings. The number of hydrogen-bond donors (Lipinski definition) is 2. The number of para-hydroxylation sites is 1. The van der Waals surface area contributed by atoms with Gasteiger partial charge in [0.05, 0.1) is 23.7 Å². The molecule has 7 nitrogen and oxygen atoms in total. The lowest BCUT2D eigenvalue weighted by Crippen LogP contribution is -2.34. The van der Waals surface area contributed by atoms with Crippen LogP contribution in [0, 0.1) is 5.82 Å². The normalized spacial score (nSPS) is 11.6. The van der Waals surface area contributed by atoms with Gasteiger partial charge in [-0.05, 0) is 38.1 Å². The maximum absolute atomic E-state index is 14.8. The van der Waals surface area contributed by atoms with Gasteiger partial charge >= 0.3 is 11.7 Å². The topological polar surface area (TPSA) is 101 Å². The van der Waals surface area contributed by atoms with Crippen molar-refractivity contribution in [1.29, 1.82) is 0 Å². The number of fused-ring (bicyclic) bond motifs is 1. The van der Waals surface area contributed by atoms with Crippen molar-refractivity contribution in [2.24, 2.45) is 0 Å². The van der Waals surface area contributed by atoms with Gasteiger partial charge in [-0.25, -0.2) is 18.5 Å². The van der Waals surface area contributed by atoms with Gasteiger partial charge in [0.1, 0.15) is 16.4 Å². The van der Waals surface area contributed by atoms with Crippen molar-refractivity contribution in [3.63, 3.8) is 0 Å². The van der Waals surface area contributed by atoms with Gasteiger partial charge in [-0.15, -0.1) is 23.1 Å². The second-order valence-corrected chi connectivity index (χ2v) is 10.2. The number of ether oxygens (including phenoxy) is 1. The quantitative estimate of drug-likeness (QED) is 0.386. The van der Waals surface area contributed by atoms with Gasteiger partial charge in [0.15, 0.2) is 0 Å². The van der Waals surface area contributed by atoms with Crippen LogP contribution in [0.5, 0.6) is 5.75 Å².